The summed E-state index contributed by atoms with van der Waals surface area (Å²) in [6.45, 7) is 5.70. The standard InChI is InChI=1S/C19H25N5O/c1-14-20-7-4-17(22-14)12-23-8-5-15(6-9-23)11-24-13-21-18(10-19(24)25)16-2-3-16/h4,7,10,13,15-16H,2-3,5-6,8-9,11-12H2,1H3. The molecule has 132 valence electrons. The van der Waals surface area contributed by atoms with E-state index in [4.69, 9.17) is 0 Å². The van der Waals surface area contributed by atoms with Gasteiger partial charge in [-0.2, -0.15) is 0 Å². The summed E-state index contributed by atoms with van der Waals surface area (Å²) in [5.41, 5.74) is 2.18. The smallest absolute Gasteiger partial charge is 0.253 e. The number of aryl methyl sites for hydroxylation is 1. The molecule has 0 aromatic carbocycles. The van der Waals surface area contributed by atoms with Crippen LogP contribution in [0.5, 0.6) is 0 Å². The van der Waals surface area contributed by atoms with Crippen LogP contribution in [-0.2, 0) is 13.1 Å². The van der Waals surface area contributed by atoms with Crippen LogP contribution in [0.1, 0.15) is 48.8 Å². The summed E-state index contributed by atoms with van der Waals surface area (Å²) in [6, 6.07) is 3.73. The van der Waals surface area contributed by atoms with Gasteiger partial charge in [0.15, 0.2) is 0 Å². The fraction of sp³-hybridized carbons (Fsp3) is 0.579. The van der Waals surface area contributed by atoms with E-state index in [0.717, 1.165) is 56.2 Å². The molecule has 4 rings (SSSR count). The normalized spacial score (nSPS) is 19.2. The Morgan fingerprint density at radius 3 is 2.64 bits per heavy atom. The van der Waals surface area contributed by atoms with Gasteiger partial charge >= 0.3 is 0 Å². The van der Waals surface area contributed by atoms with Crippen LogP contribution in [0.3, 0.4) is 0 Å². The topological polar surface area (TPSA) is 63.9 Å². The second-order valence-electron chi connectivity index (χ2n) is 7.39. The first-order valence-corrected chi connectivity index (χ1v) is 9.24. The first-order chi connectivity index (χ1) is 12.2. The Balaban J connectivity index is 1.31. The number of hydrogen-bond donors (Lipinski definition) is 0. The van der Waals surface area contributed by atoms with Gasteiger partial charge in [-0.05, 0) is 57.7 Å². The van der Waals surface area contributed by atoms with Gasteiger partial charge in [0.25, 0.3) is 5.56 Å². The van der Waals surface area contributed by atoms with Gasteiger partial charge < -0.3 is 0 Å². The third kappa shape index (κ3) is 4.12. The van der Waals surface area contributed by atoms with Crippen LogP contribution >= 0.6 is 0 Å². The SMILES string of the molecule is Cc1nccc(CN2CCC(Cn3cnc(C4CC4)cc3=O)CC2)n1. The number of hydrogen-bond acceptors (Lipinski definition) is 5. The van der Waals surface area contributed by atoms with Crippen LogP contribution in [0, 0.1) is 12.8 Å². The van der Waals surface area contributed by atoms with E-state index in [9.17, 15) is 4.79 Å². The van der Waals surface area contributed by atoms with Crippen molar-refractivity contribution >= 4 is 0 Å². The van der Waals surface area contributed by atoms with Crippen LogP contribution in [-0.4, -0.2) is 37.5 Å². The van der Waals surface area contributed by atoms with Crippen molar-refractivity contribution in [2.24, 2.45) is 5.92 Å². The summed E-state index contributed by atoms with van der Waals surface area (Å²) in [5.74, 6) is 1.92. The highest BCUT2D eigenvalue weighted by Gasteiger charge is 2.26. The fourth-order valence-electron chi connectivity index (χ4n) is 3.61. The second-order valence-corrected chi connectivity index (χ2v) is 7.39. The van der Waals surface area contributed by atoms with Crippen molar-refractivity contribution in [2.45, 2.75) is 51.6 Å². The second kappa shape index (κ2) is 7.04. The molecule has 2 aromatic heterocycles. The van der Waals surface area contributed by atoms with E-state index < -0.39 is 0 Å². The summed E-state index contributed by atoms with van der Waals surface area (Å²) in [7, 11) is 0. The molecule has 0 spiro atoms. The molecule has 2 fully saturated rings. The van der Waals surface area contributed by atoms with Crippen LogP contribution in [0.2, 0.25) is 0 Å². The third-order valence-corrected chi connectivity index (χ3v) is 5.28. The molecule has 2 aliphatic rings. The van der Waals surface area contributed by atoms with Gasteiger partial charge in [-0.15, -0.1) is 0 Å². The van der Waals surface area contributed by atoms with Crippen LogP contribution in [0.15, 0.2) is 29.5 Å². The number of likely N-dealkylation sites (tertiary alicyclic amines) is 1. The zero-order valence-corrected chi connectivity index (χ0v) is 14.8. The zero-order valence-electron chi connectivity index (χ0n) is 14.8. The fourth-order valence-corrected chi connectivity index (χ4v) is 3.61. The average molecular weight is 339 g/mol. The maximum atomic E-state index is 12.3. The monoisotopic (exact) mass is 339 g/mol. The number of piperidine rings is 1. The maximum Gasteiger partial charge on any atom is 0.253 e. The summed E-state index contributed by atoms with van der Waals surface area (Å²) in [4.78, 5) is 27.8. The molecule has 3 heterocycles. The Morgan fingerprint density at radius 2 is 1.96 bits per heavy atom. The van der Waals surface area contributed by atoms with Gasteiger partial charge in [0.1, 0.15) is 5.82 Å². The molecule has 6 nitrogen and oxygen atoms in total. The van der Waals surface area contributed by atoms with E-state index in [2.05, 4.69) is 19.9 Å². The molecule has 0 N–H and O–H groups in total. The maximum absolute atomic E-state index is 12.3. The molecule has 0 atom stereocenters. The molecule has 1 saturated carbocycles. The van der Waals surface area contributed by atoms with E-state index in [1.165, 1.54) is 12.8 Å². The Labute approximate surface area is 148 Å². The lowest BCUT2D eigenvalue weighted by molar-refractivity contribution is 0.164. The highest BCUT2D eigenvalue weighted by atomic mass is 16.1. The molecule has 1 aliphatic heterocycles. The highest BCUT2D eigenvalue weighted by Crippen LogP contribution is 2.38. The predicted molar refractivity (Wildman–Crippen MR) is 95.2 cm³/mol. The molecule has 0 radical (unpaired) electrons. The Hall–Kier alpha value is -2.08. The van der Waals surface area contributed by atoms with Crippen LogP contribution < -0.4 is 5.56 Å². The van der Waals surface area contributed by atoms with Gasteiger partial charge in [0.2, 0.25) is 0 Å². The van der Waals surface area contributed by atoms with Crippen LogP contribution in [0.4, 0.5) is 0 Å². The number of nitrogens with zero attached hydrogens (tertiary/aromatic N) is 5. The first kappa shape index (κ1) is 16.4. The van der Waals surface area contributed by atoms with Gasteiger partial charge in [-0.3, -0.25) is 14.3 Å². The molecule has 2 aromatic rings. The zero-order chi connectivity index (χ0) is 17.2. The average Bonchev–Trinajstić information content (AvgIpc) is 3.43. The van der Waals surface area contributed by atoms with Gasteiger partial charge in [-0.1, -0.05) is 0 Å². The number of aromatic nitrogens is 4. The Kier molecular flexibility index (Phi) is 4.61. The van der Waals surface area contributed by atoms with Gasteiger partial charge in [0, 0.05) is 31.3 Å². The molecule has 0 amide bonds. The van der Waals surface area contributed by atoms with E-state index in [1.54, 1.807) is 17.0 Å². The number of rotatable bonds is 5. The van der Waals surface area contributed by atoms with E-state index in [0.29, 0.717) is 11.8 Å². The minimum atomic E-state index is 0.107. The highest BCUT2D eigenvalue weighted by molar-refractivity contribution is 5.12. The van der Waals surface area contributed by atoms with Crippen molar-refractivity contribution in [3.05, 3.63) is 52.2 Å². The third-order valence-electron chi connectivity index (χ3n) is 5.28. The molecular formula is C19H25N5O. The minimum Gasteiger partial charge on any atom is -0.299 e. The lowest BCUT2D eigenvalue weighted by Crippen LogP contribution is -2.36. The van der Waals surface area contributed by atoms with E-state index >= 15 is 0 Å². The first-order valence-electron chi connectivity index (χ1n) is 9.24. The quantitative estimate of drug-likeness (QED) is 0.835. The largest absolute Gasteiger partial charge is 0.299 e. The van der Waals surface area contributed by atoms with Crippen molar-refractivity contribution < 1.29 is 0 Å². The van der Waals surface area contributed by atoms with Crippen molar-refractivity contribution in [2.75, 3.05) is 13.1 Å². The summed E-state index contributed by atoms with van der Waals surface area (Å²) < 4.78 is 1.79. The predicted octanol–water partition coefficient (Wildman–Crippen LogP) is 2.13. The van der Waals surface area contributed by atoms with Gasteiger partial charge in [-0.25, -0.2) is 15.0 Å². The van der Waals surface area contributed by atoms with Crippen molar-refractivity contribution in [1.82, 2.24) is 24.4 Å². The Bertz CT molecular complexity index is 790. The van der Waals surface area contributed by atoms with E-state index in [-0.39, 0.29) is 5.56 Å². The molecule has 1 saturated heterocycles. The summed E-state index contributed by atoms with van der Waals surface area (Å²) >= 11 is 0. The molecule has 0 unspecified atom stereocenters. The van der Waals surface area contributed by atoms with Crippen molar-refractivity contribution in [1.29, 1.82) is 0 Å². The van der Waals surface area contributed by atoms with E-state index in [1.807, 2.05) is 19.2 Å². The van der Waals surface area contributed by atoms with Crippen LogP contribution in [0.25, 0.3) is 0 Å². The molecular weight excluding hydrogens is 314 g/mol. The molecule has 1 aliphatic carbocycles. The molecule has 0 bridgehead atoms. The lowest BCUT2D eigenvalue weighted by atomic mass is 9.96. The molecule has 6 heteroatoms. The summed E-state index contributed by atoms with van der Waals surface area (Å²) in [5, 5.41) is 0. The minimum absolute atomic E-state index is 0.107. The van der Waals surface area contributed by atoms with Crippen molar-refractivity contribution in [3.8, 4) is 0 Å². The lowest BCUT2D eigenvalue weighted by Gasteiger charge is -2.31. The summed E-state index contributed by atoms with van der Waals surface area (Å²) in [6.07, 6.45) is 8.17. The Morgan fingerprint density at radius 1 is 1.16 bits per heavy atom. The molecule has 25 heavy (non-hydrogen) atoms. The van der Waals surface area contributed by atoms with Gasteiger partial charge in [0.05, 0.1) is 17.7 Å². The van der Waals surface area contributed by atoms with Crippen molar-refractivity contribution in [3.63, 3.8) is 0 Å².